The first-order valence-electron chi connectivity index (χ1n) is 4.27. The summed E-state index contributed by atoms with van der Waals surface area (Å²) in [6.45, 7) is -0.0323. The van der Waals surface area contributed by atoms with Crippen molar-refractivity contribution in [2.45, 2.75) is 0 Å². The van der Waals surface area contributed by atoms with Gasteiger partial charge in [-0.15, -0.1) is 0 Å². The molecule has 0 bridgehead atoms. The third kappa shape index (κ3) is 2.09. The van der Waals surface area contributed by atoms with Gasteiger partial charge in [-0.25, -0.2) is 0 Å². The van der Waals surface area contributed by atoms with Gasteiger partial charge in [0.05, 0.1) is 14.2 Å². The highest BCUT2D eigenvalue weighted by Gasteiger charge is 2.06. The normalized spacial score (nSPS) is 9.71. The molecule has 1 N–H and O–H groups in total. The number of benzene rings is 1. The van der Waals surface area contributed by atoms with E-state index in [1.54, 1.807) is 32.2 Å². The van der Waals surface area contributed by atoms with Gasteiger partial charge in [0.2, 0.25) is 0 Å². The molecule has 1 rings (SSSR count). The number of nitrogens with zero attached hydrogens (tertiary/aromatic N) is 1. The van der Waals surface area contributed by atoms with Crippen molar-refractivity contribution in [3.8, 4) is 11.5 Å². The first-order valence-corrected chi connectivity index (χ1v) is 4.27. The molecule has 0 radical (unpaired) electrons. The standard InChI is InChI=1S/C10H15NO3/c1-11(7-12)8-4-5-9(13-2)10(6-8)14-3/h4-6,12H,7H2,1-3H3. The van der Waals surface area contributed by atoms with Crippen LogP contribution in [-0.4, -0.2) is 33.1 Å². The van der Waals surface area contributed by atoms with Crippen molar-refractivity contribution in [2.24, 2.45) is 0 Å². The molecule has 0 saturated heterocycles. The van der Waals surface area contributed by atoms with Gasteiger partial charge in [0.25, 0.3) is 0 Å². The molecule has 0 unspecified atom stereocenters. The number of rotatable bonds is 4. The number of ether oxygens (including phenoxy) is 2. The number of hydrogen-bond acceptors (Lipinski definition) is 4. The fourth-order valence-electron chi connectivity index (χ4n) is 1.14. The zero-order valence-corrected chi connectivity index (χ0v) is 8.65. The number of aliphatic hydroxyl groups excluding tert-OH is 1. The maximum Gasteiger partial charge on any atom is 0.162 e. The van der Waals surface area contributed by atoms with Gasteiger partial charge in [-0.05, 0) is 12.1 Å². The van der Waals surface area contributed by atoms with Gasteiger partial charge in [-0.3, -0.25) is 0 Å². The Labute approximate surface area is 83.7 Å². The predicted molar refractivity (Wildman–Crippen MR) is 55.0 cm³/mol. The zero-order valence-electron chi connectivity index (χ0n) is 8.65. The lowest BCUT2D eigenvalue weighted by atomic mass is 10.2. The molecule has 0 atom stereocenters. The largest absolute Gasteiger partial charge is 0.493 e. The Hall–Kier alpha value is -1.42. The van der Waals surface area contributed by atoms with E-state index in [0.717, 1.165) is 5.69 Å². The van der Waals surface area contributed by atoms with E-state index in [-0.39, 0.29) is 6.73 Å². The lowest BCUT2D eigenvalue weighted by Gasteiger charge is -2.17. The van der Waals surface area contributed by atoms with Crippen LogP contribution in [0.25, 0.3) is 0 Å². The van der Waals surface area contributed by atoms with Crippen LogP contribution in [0.15, 0.2) is 18.2 Å². The van der Waals surface area contributed by atoms with E-state index in [1.807, 2.05) is 12.1 Å². The minimum atomic E-state index is -0.0323. The van der Waals surface area contributed by atoms with Crippen molar-refractivity contribution in [3.63, 3.8) is 0 Å². The van der Waals surface area contributed by atoms with Crippen molar-refractivity contribution in [1.29, 1.82) is 0 Å². The van der Waals surface area contributed by atoms with E-state index in [2.05, 4.69) is 0 Å². The Morgan fingerprint density at radius 3 is 2.36 bits per heavy atom. The van der Waals surface area contributed by atoms with Crippen LogP contribution in [0.1, 0.15) is 0 Å². The van der Waals surface area contributed by atoms with Crippen LogP contribution in [0.4, 0.5) is 5.69 Å². The second-order valence-electron chi connectivity index (χ2n) is 2.88. The molecule has 78 valence electrons. The van der Waals surface area contributed by atoms with Crippen LogP contribution in [0, 0.1) is 0 Å². The molecule has 0 aliphatic heterocycles. The highest BCUT2D eigenvalue weighted by Crippen LogP contribution is 2.30. The molecular formula is C10H15NO3. The molecule has 0 amide bonds. The fraction of sp³-hybridized carbons (Fsp3) is 0.400. The molecule has 0 spiro atoms. The van der Waals surface area contributed by atoms with Gasteiger partial charge in [0.1, 0.15) is 6.73 Å². The lowest BCUT2D eigenvalue weighted by Crippen LogP contribution is -2.17. The first kappa shape index (κ1) is 10.7. The Kier molecular flexibility index (Phi) is 3.59. The summed E-state index contributed by atoms with van der Waals surface area (Å²) in [5.41, 5.74) is 0.880. The van der Waals surface area contributed by atoms with E-state index >= 15 is 0 Å². The minimum Gasteiger partial charge on any atom is -0.493 e. The number of methoxy groups -OCH3 is 2. The van der Waals surface area contributed by atoms with E-state index in [0.29, 0.717) is 11.5 Å². The molecule has 1 aromatic rings. The summed E-state index contributed by atoms with van der Waals surface area (Å²) in [6.07, 6.45) is 0. The van der Waals surface area contributed by atoms with Crippen LogP contribution in [0.2, 0.25) is 0 Å². The summed E-state index contributed by atoms with van der Waals surface area (Å²) in [6, 6.07) is 5.48. The third-order valence-corrected chi connectivity index (χ3v) is 2.02. The number of hydrogen-bond donors (Lipinski definition) is 1. The van der Waals surface area contributed by atoms with Crippen molar-refractivity contribution in [1.82, 2.24) is 0 Å². The molecule has 0 aliphatic carbocycles. The Morgan fingerprint density at radius 1 is 1.21 bits per heavy atom. The summed E-state index contributed by atoms with van der Waals surface area (Å²) >= 11 is 0. The van der Waals surface area contributed by atoms with Gasteiger partial charge in [0.15, 0.2) is 11.5 Å². The Balaban J connectivity index is 3.01. The molecule has 4 nitrogen and oxygen atoms in total. The highest BCUT2D eigenvalue weighted by molar-refractivity contribution is 5.55. The van der Waals surface area contributed by atoms with Crippen LogP contribution in [-0.2, 0) is 0 Å². The van der Waals surface area contributed by atoms with Crippen LogP contribution in [0.3, 0.4) is 0 Å². The Bertz CT molecular complexity index is 301. The Morgan fingerprint density at radius 2 is 1.86 bits per heavy atom. The number of anilines is 1. The summed E-state index contributed by atoms with van der Waals surface area (Å²) in [5, 5.41) is 8.93. The summed E-state index contributed by atoms with van der Waals surface area (Å²) in [5.74, 6) is 1.34. The second kappa shape index (κ2) is 4.72. The van der Waals surface area contributed by atoms with E-state index in [9.17, 15) is 0 Å². The average molecular weight is 197 g/mol. The monoisotopic (exact) mass is 197 g/mol. The van der Waals surface area contributed by atoms with Crippen molar-refractivity contribution < 1.29 is 14.6 Å². The quantitative estimate of drug-likeness (QED) is 0.734. The fourth-order valence-corrected chi connectivity index (χ4v) is 1.14. The van der Waals surface area contributed by atoms with E-state index < -0.39 is 0 Å². The minimum absolute atomic E-state index is 0.0323. The SMILES string of the molecule is COc1ccc(N(C)CO)cc1OC. The molecular weight excluding hydrogens is 182 g/mol. The van der Waals surface area contributed by atoms with Gasteiger partial charge in [-0.1, -0.05) is 0 Å². The third-order valence-electron chi connectivity index (χ3n) is 2.02. The smallest absolute Gasteiger partial charge is 0.162 e. The van der Waals surface area contributed by atoms with Crippen molar-refractivity contribution >= 4 is 5.69 Å². The van der Waals surface area contributed by atoms with Crippen molar-refractivity contribution in [2.75, 3.05) is 32.9 Å². The van der Waals surface area contributed by atoms with Gasteiger partial charge >= 0.3 is 0 Å². The number of aliphatic hydroxyl groups is 1. The molecule has 1 aromatic carbocycles. The summed E-state index contributed by atoms with van der Waals surface area (Å²) in [7, 11) is 4.97. The molecule has 0 heterocycles. The average Bonchev–Trinajstić information content (AvgIpc) is 2.26. The maximum absolute atomic E-state index is 8.93. The van der Waals surface area contributed by atoms with Gasteiger partial charge in [0, 0.05) is 18.8 Å². The first-order chi connectivity index (χ1) is 6.72. The molecule has 14 heavy (non-hydrogen) atoms. The maximum atomic E-state index is 8.93. The summed E-state index contributed by atoms with van der Waals surface area (Å²) in [4.78, 5) is 1.70. The summed E-state index contributed by atoms with van der Waals surface area (Å²) < 4.78 is 10.2. The van der Waals surface area contributed by atoms with Gasteiger partial charge < -0.3 is 19.5 Å². The van der Waals surface area contributed by atoms with Crippen molar-refractivity contribution in [3.05, 3.63) is 18.2 Å². The topological polar surface area (TPSA) is 41.9 Å². The van der Waals surface area contributed by atoms with E-state index in [4.69, 9.17) is 14.6 Å². The predicted octanol–water partition coefficient (Wildman–Crippen LogP) is 1.09. The molecule has 4 heteroatoms. The molecule has 0 aromatic heterocycles. The molecule has 0 aliphatic rings. The highest BCUT2D eigenvalue weighted by atomic mass is 16.5. The molecule has 0 fully saturated rings. The van der Waals surface area contributed by atoms with Crippen LogP contribution >= 0.6 is 0 Å². The van der Waals surface area contributed by atoms with Gasteiger partial charge in [-0.2, -0.15) is 0 Å². The van der Waals surface area contributed by atoms with Crippen LogP contribution < -0.4 is 14.4 Å². The second-order valence-corrected chi connectivity index (χ2v) is 2.88. The van der Waals surface area contributed by atoms with E-state index in [1.165, 1.54) is 0 Å². The molecule has 0 saturated carbocycles. The lowest BCUT2D eigenvalue weighted by molar-refractivity contribution is 0.298. The zero-order chi connectivity index (χ0) is 10.6. The van der Waals surface area contributed by atoms with Crippen LogP contribution in [0.5, 0.6) is 11.5 Å².